The number of esters is 1. The van der Waals surface area contributed by atoms with Gasteiger partial charge in [-0.2, -0.15) is 0 Å². The van der Waals surface area contributed by atoms with Gasteiger partial charge in [-0.15, -0.1) is 0 Å². The molecule has 0 radical (unpaired) electrons. The molecule has 1 N–H and O–H groups in total. The lowest BCUT2D eigenvalue weighted by Gasteiger charge is -2.30. The molecule has 0 unspecified atom stereocenters. The van der Waals surface area contributed by atoms with E-state index in [0.29, 0.717) is 31.8 Å². The van der Waals surface area contributed by atoms with Crippen molar-refractivity contribution in [2.24, 2.45) is 5.41 Å². The molecule has 35 heavy (non-hydrogen) atoms. The number of aliphatic hydroxyl groups is 1. The van der Waals surface area contributed by atoms with Gasteiger partial charge < -0.3 is 14.6 Å². The Balaban J connectivity index is 2.42. The van der Waals surface area contributed by atoms with E-state index in [4.69, 9.17) is 9.47 Å². The van der Waals surface area contributed by atoms with Gasteiger partial charge in [-0.1, -0.05) is 36.3 Å². The number of allylic oxidation sites excluding steroid dienone is 6. The highest BCUT2D eigenvalue weighted by Gasteiger charge is 2.33. The lowest BCUT2D eigenvalue weighted by atomic mass is 9.80. The van der Waals surface area contributed by atoms with Gasteiger partial charge in [-0.05, 0) is 77.5 Å². The molecule has 0 bridgehead atoms. The van der Waals surface area contributed by atoms with Crippen molar-refractivity contribution in [3.8, 4) is 0 Å². The summed E-state index contributed by atoms with van der Waals surface area (Å²) >= 11 is 0. The average Bonchev–Trinajstić information content (AvgIpc) is 2.78. The normalized spacial score (nSPS) is 31.3. The first-order chi connectivity index (χ1) is 16.4. The van der Waals surface area contributed by atoms with Crippen molar-refractivity contribution in [1.82, 2.24) is 4.90 Å². The van der Waals surface area contributed by atoms with E-state index in [1.54, 1.807) is 13.0 Å². The molecule has 1 fully saturated rings. The molecule has 194 valence electrons. The van der Waals surface area contributed by atoms with E-state index in [1.165, 1.54) is 23.8 Å². The molecule has 1 saturated heterocycles. The van der Waals surface area contributed by atoms with Crippen molar-refractivity contribution in [3.63, 3.8) is 0 Å². The van der Waals surface area contributed by atoms with Gasteiger partial charge in [-0.25, -0.2) is 4.79 Å². The number of hydrogen-bond donors (Lipinski definition) is 1. The van der Waals surface area contributed by atoms with Crippen LogP contribution in [0.5, 0.6) is 0 Å². The fourth-order valence-corrected chi connectivity index (χ4v) is 4.06. The monoisotopic (exact) mass is 485 g/mol. The van der Waals surface area contributed by atoms with Gasteiger partial charge in [0.1, 0.15) is 5.60 Å². The predicted octanol–water partition coefficient (Wildman–Crippen LogP) is 4.71. The van der Waals surface area contributed by atoms with E-state index in [-0.39, 0.29) is 11.2 Å². The molecule has 2 rings (SSSR count). The van der Waals surface area contributed by atoms with Gasteiger partial charge in [0.15, 0.2) is 11.9 Å². The molecule has 0 spiro atoms. The van der Waals surface area contributed by atoms with Crippen molar-refractivity contribution in [3.05, 3.63) is 59.3 Å². The molecular weight excluding hydrogens is 442 g/mol. The van der Waals surface area contributed by atoms with Crippen LogP contribution in [0.15, 0.2) is 59.3 Å². The van der Waals surface area contributed by atoms with Gasteiger partial charge in [0, 0.05) is 31.3 Å². The second kappa shape index (κ2) is 13.1. The van der Waals surface area contributed by atoms with Crippen LogP contribution in [0.2, 0.25) is 0 Å². The van der Waals surface area contributed by atoms with Gasteiger partial charge in [0.2, 0.25) is 0 Å². The number of rotatable bonds is 7. The minimum Gasteiger partial charge on any atom is -0.452 e. The predicted molar refractivity (Wildman–Crippen MR) is 140 cm³/mol. The van der Waals surface area contributed by atoms with Crippen LogP contribution in [0.4, 0.5) is 0 Å². The van der Waals surface area contributed by atoms with Gasteiger partial charge in [0.25, 0.3) is 0 Å². The average molecular weight is 486 g/mol. The highest BCUT2D eigenvalue weighted by molar-refractivity contribution is 6.04. The zero-order valence-electron chi connectivity index (χ0n) is 22.3. The highest BCUT2D eigenvalue weighted by Crippen LogP contribution is 2.33. The Morgan fingerprint density at radius 1 is 1.17 bits per heavy atom. The van der Waals surface area contributed by atoms with Crippen molar-refractivity contribution in [2.45, 2.75) is 72.5 Å². The smallest absolute Gasteiger partial charge is 0.331 e. The van der Waals surface area contributed by atoms with Crippen LogP contribution in [0.3, 0.4) is 0 Å². The van der Waals surface area contributed by atoms with E-state index in [0.717, 1.165) is 31.5 Å². The quantitative estimate of drug-likeness (QED) is 0.320. The van der Waals surface area contributed by atoms with Gasteiger partial charge >= 0.3 is 5.97 Å². The van der Waals surface area contributed by atoms with E-state index >= 15 is 0 Å². The van der Waals surface area contributed by atoms with Crippen molar-refractivity contribution < 1.29 is 24.2 Å². The number of hydrogen-bond acceptors (Lipinski definition) is 6. The summed E-state index contributed by atoms with van der Waals surface area (Å²) in [5, 5.41) is 11.2. The van der Waals surface area contributed by atoms with Crippen LogP contribution in [0.1, 0.15) is 60.8 Å². The Morgan fingerprint density at radius 3 is 2.49 bits per heavy atom. The maximum absolute atomic E-state index is 13.2. The van der Waals surface area contributed by atoms with Crippen molar-refractivity contribution in [2.75, 3.05) is 32.8 Å². The van der Waals surface area contributed by atoms with Crippen LogP contribution in [0, 0.1) is 5.41 Å². The van der Waals surface area contributed by atoms with Crippen LogP contribution in [0.25, 0.3) is 0 Å². The third-order valence-electron chi connectivity index (χ3n) is 6.37. The summed E-state index contributed by atoms with van der Waals surface area (Å²) in [5.41, 5.74) is 0.940. The third-order valence-corrected chi connectivity index (χ3v) is 6.37. The van der Waals surface area contributed by atoms with E-state index in [2.05, 4.69) is 31.7 Å². The summed E-state index contributed by atoms with van der Waals surface area (Å²) in [5.74, 6) is -0.661. The second-order valence-corrected chi connectivity index (χ2v) is 10.7. The van der Waals surface area contributed by atoms with Gasteiger partial charge in [-0.3, -0.25) is 9.69 Å². The molecule has 2 aliphatic rings. The summed E-state index contributed by atoms with van der Waals surface area (Å²) in [7, 11) is 0. The first-order valence-electron chi connectivity index (χ1n) is 12.5. The molecule has 0 amide bonds. The van der Waals surface area contributed by atoms with E-state index in [1.807, 2.05) is 26.0 Å². The summed E-state index contributed by atoms with van der Waals surface area (Å²) in [6.07, 6.45) is 13.8. The Bertz CT molecular complexity index is 894. The Kier molecular flexibility index (Phi) is 10.9. The van der Waals surface area contributed by atoms with Crippen LogP contribution in [-0.4, -0.2) is 66.3 Å². The Hall–Kier alpha value is -2.28. The molecule has 1 aliphatic heterocycles. The molecule has 3 atom stereocenters. The van der Waals surface area contributed by atoms with Crippen LogP contribution >= 0.6 is 0 Å². The van der Waals surface area contributed by atoms with E-state index < -0.39 is 17.7 Å². The molecular formula is C29H43NO5. The summed E-state index contributed by atoms with van der Waals surface area (Å²) in [6, 6.07) is 0. The molecule has 1 aliphatic carbocycles. The maximum Gasteiger partial charge on any atom is 0.331 e. The van der Waals surface area contributed by atoms with Crippen LogP contribution < -0.4 is 0 Å². The first-order valence-corrected chi connectivity index (χ1v) is 12.5. The summed E-state index contributed by atoms with van der Waals surface area (Å²) < 4.78 is 11.1. The number of nitrogens with zero attached hydrogens (tertiary/aromatic N) is 1. The Labute approximate surface area is 211 Å². The summed E-state index contributed by atoms with van der Waals surface area (Å²) in [4.78, 5) is 27.9. The highest BCUT2D eigenvalue weighted by atomic mass is 16.6. The topological polar surface area (TPSA) is 76.1 Å². The standard InChI is InChI=1S/C29H43NO5/c1-22(2)8-7-12-28(5)13-9-24(21-30-16-18-34-19-17-30)25(31)10-15-29(6,33)26(11-14-28)35-27(32)20-23(3)4/h8-11,14-15,20,26,33H,7,12-13,16-19,21H2,1-6H3/b14-11+,15-10+,24-9-/t26-,28+,29-/m1/s1. The molecule has 0 saturated carbocycles. The SMILES string of the molecule is CC(C)=CCC[C@]1(C)/C=C/[C@@H](OC(=O)C=C(C)C)[C@](C)(O)/C=C/C(=O)/C(CN2CCOCC2)=C\C1. The van der Waals surface area contributed by atoms with Gasteiger partial charge in [0.05, 0.1) is 13.2 Å². The maximum atomic E-state index is 13.2. The molecule has 0 aromatic heterocycles. The van der Waals surface area contributed by atoms with E-state index in [9.17, 15) is 14.7 Å². The molecule has 1 heterocycles. The molecule has 6 heteroatoms. The largest absolute Gasteiger partial charge is 0.452 e. The third kappa shape index (κ3) is 10.1. The number of carbonyl (C=O) groups excluding carboxylic acids is 2. The molecule has 0 aromatic rings. The Morgan fingerprint density at radius 2 is 1.86 bits per heavy atom. The fraction of sp³-hybridized carbons (Fsp3) is 0.586. The number of ketones is 1. The number of ether oxygens (including phenoxy) is 2. The van der Waals surface area contributed by atoms with Crippen molar-refractivity contribution >= 4 is 11.8 Å². The lowest BCUT2D eigenvalue weighted by molar-refractivity contribution is -0.148. The zero-order chi connectivity index (χ0) is 26.1. The molecule has 6 nitrogen and oxygen atoms in total. The minimum absolute atomic E-state index is 0.139. The van der Waals surface area contributed by atoms with Crippen molar-refractivity contribution in [1.29, 1.82) is 0 Å². The number of carbonyl (C=O) groups is 2. The zero-order valence-corrected chi connectivity index (χ0v) is 22.3. The van der Waals surface area contributed by atoms with Crippen LogP contribution in [-0.2, 0) is 19.1 Å². The summed E-state index contributed by atoms with van der Waals surface area (Å²) in [6.45, 7) is 14.9. The second-order valence-electron chi connectivity index (χ2n) is 10.7. The first kappa shape index (κ1) is 29.0. The lowest BCUT2D eigenvalue weighted by Crippen LogP contribution is -2.40. The fourth-order valence-electron chi connectivity index (χ4n) is 4.06. The molecule has 0 aromatic carbocycles. The number of morpholine rings is 1. The minimum atomic E-state index is -1.55.